The first kappa shape index (κ1) is 11.9. The van der Waals surface area contributed by atoms with E-state index in [2.05, 4.69) is 16.3 Å². The highest BCUT2D eigenvalue weighted by atomic mass is 16.2. The molecule has 0 aliphatic carbocycles. The summed E-state index contributed by atoms with van der Waals surface area (Å²) < 4.78 is 0. The van der Waals surface area contributed by atoms with Crippen LogP contribution in [-0.4, -0.2) is 44.7 Å². The Bertz CT molecular complexity index is 403. The van der Waals surface area contributed by atoms with Gasteiger partial charge in [-0.3, -0.25) is 4.90 Å². The zero-order chi connectivity index (χ0) is 12.3. The second kappa shape index (κ2) is 5.19. The van der Waals surface area contributed by atoms with E-state index < -0.39 is 0 Å². The molecule has 0 fully saturated rings. The number of fused-ring (bicyclic) bond motifs is 1. The minimum Gasteiger partial charge on any atom is -0.336 e. The summed E-state index contributed by atoms with van der Waals surface area (Å²) in [5.74, 6) is 0. The molecule has 1 N–H and O–H groups in total. The van der Waals surface area contributed by atoms with Crippen molar-refractivity contribution in [2.75, 3.05) is 38.6 Å². The fraction of sp³-hybridized carbons (Fsp3) is 0.462. The van der Waals surface area contributed by atoms with Crippen molar-refractivity contribution < 1.29 is 4.79 Å². The quantitative estimate of drug-likeness (QED) is 0.854. The number of anilines is 1. The molecule has 1 aromatic rings. The highest BCUT2D eigenvalue weighted by Crippen LogP contribution is 2.27. The Morgan fingerprint density at radius 3 is 2.94 bits per heavy atom. The fourth-order valence-electron chi connectivity index (χ4n) is 2.03. The predicted molar refractivity (Wildman–Crippen MR) is 69.4 cm³/mol. The van der Waals surface area contributed by atoms with Crippen molar-refractivity contribution in [3.63, 3.8) is 0 Å². The van der Waals surface area contributed by atoms with Crippen molar-refractivity contribution in [2.24, 2.45) is 0 Å². The Labute approximate surface area is 102 Å². The number of para-hydroxylation sites is 1. The molecule has 0 spiro atoms. The number of likely N-dealkylation sites (N-methyl/N-ethyl adjacent to an activating group) is 1. The van der Waals surface area contributed by atoms with Crippen LogP contribution in [0.4, 0.5) is 10.5 Å². The smallest absolute Gasteiger partial charge is 0.321 e. The standard InChI is InChI=1S/C13H19N3O/c1-15(2)10-8-14-13(17)16-9-7-11-5-3-4-6-12(11)16/h3-6H,7-10H2,1-2H3,(H,14,17). The first-order valence-electron chi connectivity index (χ1n) is 5.96. The highest BCUT2D eigenvalue weighted by Gasteiger charge is 2.23. The van der Waals surface area contributed by atoms with E-state index in [1.165, 1.54) is 5.56 Å². The van der Waals surface area contributed by atoms with E-state index in [0.717, 1.165) is 25.2 Å². The van der Waals surface area contributed by atoms with Crippen molar-refractivity contribution in [3.05, 3.63) is 29.8 Å². The van der Waals surface area contributed by atoms with Crippen LogP contribution in [-0.2, 0) is 6.42 Å². The van der Waals surface area contributed by atoms with Gasteiger partial charge in [-0.05, 0) is 32.1 Å². The van der Waals surface area contributed by atoms with Crippen molar-refractivity contribution in [1.82, 2.24) is 10.2 Å². The molecule has 0 atom stereocenters. The van der Waals surface area contributed by atoms with Gasteiger partial charge in [0.25, 0.3) is 0 Å². The van der Waals surface area contributed by atoms with Gasteiger partial charge in [0.15, 0.2) is 0 Å². The maximum atomic E-state index is 12.0. The molecule has 0 aromatic heterocycles. The van der Waals surface area contributed by atoms with Gasteiger partial charge in [0.2, 0.25) is 0 Å². The monoisotopic (exact) mass is 233 g/mol. The number of carbonyl (C=O) groups is 1. The normalized spacial score (nSPS) is 13.9. The summed E-state index contributed by atoms with van der Waals surface area (Å²) in [7, 11) is 3.99. The van der Waals surface area contributed by atoms with Crippen LogP contribution >= 0.6 is 0 Å². The maximum absolute atomic E-state index is 12.0. The molecular formula is C13H19N3O. The van der Waals surface area contributed by atoms with Gasteiger partial charge in [0.1, 0.15) is 0 Å². The predicted octanol–water partition coefficient (Wildman–Crippen LogP) is 1.32. The molecule has 0 unspecified atom stereocenters. The molecule has 1 aliphatic heterocycles. The lowest BCUT2D eigenvalue weighted by molar-refractivity contribution is 0.245. The largest absolute Gasteiger partial charge is 0.336 e. The number of urea groups is 1. The Morgan fingerprint density at radius 1 is 1.41 bits per heavy atom. The maximum Gasteiger partial charge on any atom is 0.321 e. The lowest BCUT2D eigenvalue weighted by Gasteiger charge is -2.19. The van der Waals surface area contributed by atoms with Crippen LogP contribution < -0.4 is 10.2 Å². The molecule has 1 aromatic carbocycles. The molecule has 92 valence electrons. The molecule has 17 heavy (non-hydrogen) atoms. The Balaban J connectivity index is 1.93. The number of amides is 2. The van der Waals surface area contributed by atoms with Crippen molar-refractivity contribution in [2.45, 2.75) is 6.42 Å². The Morgan fingerprint density at radius 2 is 2.18 bits per heavy atom. The summed E-state index contributed by atoms with van der Waals surface area (Å²) in [6.45, 7) is 2.33. The van der Waals surface area contributed by atoms with Gasteiger partial charge >= 0.3 is 6.03 Å². The highest BCUT2D eigenvalue weighted by molar-refractivity contribution is 5.94. The lowest BCUT2D eigenvalue weighted by Crippen LogP contribution is -2.41. The van der Waals surface area contributed by atoms with Crippen LogP contribution in [0.2, 0.25) is 0 Å². The average Bonchev–Trinajstić information content (AvgIpc) is 2.72. The van der Waals surface area contributed by atoms with Gasteiger partial charge in [-0.15, -0.1) is 0 Å². The number of rotatable bonds is 3. The minimum absolute atomic E-state index is 0.0109. The zero-order valence-electron chi connectivity index (χ0n) is 10.4. The number of hydrogen-bond donors (Lipinski definition) is 1. The number of nitrogens with zero attached hydrogens (tertiary/aromatic N) is 2. The van der Waals surface area contributed by atoms with Crippen molar-refractivity contribution in [3.8, 4) is 0 Å². The van der Waals surface area contributed by atoms with Crippen LogP contribution in [0.5, 0.6) is 0 Å². The molecular weight excluding hydrogens is 214 g/mol. The second-order valence-electron chi connectivity index (χ2n) is 4.57. The minimum atomic E-state index is 0.0109. The third-order valence-electron chi connectivity index (χ3n) is 2.97. The van der Waals surface area contributed by atoms with E-state index in [4.69, 9.17) is 0 Å². The number of benzene rings is 1. The lowest BCUT2D eigenvalue weighted by atomic mass is 10.2. The summed E-state index contributed by atoms with van der Waals surface area (Å²) >= 11 is 0. The van der Waals surface area contributed by atoms with Crippen LogP contribution in [0.25, 0.3) is 0 Å². The Kier molecular flexibility index (Phi) is 3.64. The van der Waals surface area contributed by atoms with Crippen LogP contribution in [0.15, 0.2) is 24.3 Å². The topological polar surface area (TPSA) is 35.6 Å². The van der Waals surface area contributed by atoms with Gasteiger partial charge in [-0.25, -0.2) is 4.79 Å². The van der Waals surface area contributed by atoms with E-state index in [1.807, 2.05) is 37.2 Å². The molecule has 4 nitrogen and oxygen atoms in total. The van der Waals surface area contributed by atoms with Gasteiger partial charge in [-0.1, -0.05) is 18.2 Å². The molecule has 1 heterocycles. The molecule has 1 aliphatic rings. The first-order chi connectivity index (χ1) is 8.18. The first-order valence-corrected chi connectivity index (χ1v) is 5.96. The number of nitrogens with one attached hydrogen (secondary N) is 1. The van der Waals surface area contributed by atoms with Gasteiger partial charge in [0.05, 0.1) is 0 Å². The summed E-state index contributed by atoms with van der Waals surface area (Å²) in [6, 6.07) is 8.10. The van der Waals surface area contributed by atoms with Crippen LogP contribution in [0.3, 0.4) is 0 Å². The molecule has 2 amide bonds. The molecule has 0 saturated heterocycles. The van der Waals surface area contributed by atoms with E-state index in [0.29, 0.717) is 6.54 Å². The number of carbonyl (C=O) groups excluding carboxylic acids is 1. The molecule has 0 bridgehead atoms. The van der Waals surface area contributed by atoms with E-state index in [9.17, 15) is 4.79 Å². The third kappa shape index (κ3) is 2.77. The number of hydrogen-bond acceptors (Lipinski definition) is 2. The SMILES string of the molecule is CN(C)CCNC(=O)N1CCc2ccccc21. The average molecular weight is 233 g/mol. The summed E-state index contributed by atoms with van der Waals surface area (Å²) in [4.78, 5) is 15.9. The summed E-state index contributed by atoms with van der Waals surface area (Å²) in [5.41, 5.74) is 2.31. The van der Waals surface area contributed by atoms with E-state index >= 15 is 0 Å². The van der Waals surface area contributed by atoms with E-state index in [1.54, 1.807) is 0 Å². The molecule has 0 radical (unpaired) electrons. The zero-order valence-corrected chi connectivity index (χ0v) is 10.4. The van der Waals surface area contributed by atoms with Crippen LogP contribution in [0.1, 0.15) is 5.56 Å². The fourth-order valence-corrected chi connectivity index (χ4v) is 2.03. The van der Waals surface area contributed by atoms with E-state index in [-0.39, 0.29) is 6.03 Å². The van der Waals surface area contributed by atoms with Crippen LogP contribution in [0, 0.1) is 0 Å². The van der Waals surface area contributed by atoms with Gasteiger partial charge < -0.3 is 10.2 Å². The molecule has 0 saturated carbocycles. The third-order valence-corrected chi connectivity index (χ3v) is 2.97. The van der Waals surface area contributed by atoms with Gasteiger partial charge in [-0.2, -0.15) is 0 Å². The van der Waals surface area contributed by atoms with Crippen molar-refractivity contribution >= 4 is 11.7 Å². The second-order valence-corrected chi connectivity index (χ2v) is 4.57. The summed E-state index contributed by atoms with van der Waals surface area (Å²) in [6.07, 6.45) is 0.956. The molecule has 4 heteroatoms. The van der Waals surface area contributed by atoms with Crippen molar-refractivity contribution in [1.29, 1.82) is 0 Å². The molecule has 2 rings (SSSR count). The van der Waals surface area contributed by atoms with Gasteiger partial charge in [0, 0.05) is 25.3 Å². The summed E-state index contributed by atoms with van der Waals surface area (Å²) in [5, 5.41) is 2.94. The Hall–Kier alpha value is -1.55.